The zero-order valence-electron chi connectivity index (χ0n) is 5.28. The molecule has 3 nitrogen and oxygen atoms in total. The molecule has 0 aliphatic carbocycles. The molecular formula is C7H6NO2+. The van der Waals surface area contributed by atoms with Crippen LogP contribution in [0.15, 0.2) is 24.4 Å². The highest BCUT2D eigenvalue weighted by molar-refractivity contribution is 5.86. The van der Waals surface area contributed by atoms with Crippen molar-refractivity contribution in [2.75, 3.05) is 0 Å². The summed E-state index contributed by atoms with van der Waals surface area (Å²) in [6.07, 6.45) is 1.82. The van der Waals surface area contributed by atoms with Gasteiger partial charge in [0.05, 0.1) is 0 Å². The van der Waals surface area contributed by atoms with Crippen LogP contribution >= 0.6 is 0 Å². The lowest BCUT2D eigenvalue weighted by Gasteiger charge is -1.81. The Balaban J connectivity index is 2.61. The molecule has 1 aromatic heterocycles. The SMILES string of the molecule is O=C1OC[n+]2ccccc21. The Morgan fingerprint density at radius 1 is 1.50 bits per heavy atom. The largest absolute Gasteiger partial charge is 0.408 e. The van der Waals surface area contributed by atoms with E-state index in [9.17, 15) is 4.79 Å². The number of carbonyl (C=O) groups excluding carboxylic acids is 1. The number of pyridine rings is 1. The Morgan fingerprint density at radius 2 is 2.40 bits per heavy atom. The number of rotatable bonds is 0. The molecule has 0 atom stereocenters. The fourth-order valence-electron chi connectivity index (χ4n) is 0.976. The van der Waals surface area contributed by atoms with Crippen molar-refractivity contribution in [3.05, 3.63) is 30.1 Å². The average molecular weight is 136 g/mol. The molecule has 1 aliphatic heterocycles. The molecule has 0 N–H and O–H groups in total. The summed E-state index contributed by atoms with van der Waals surface area (Å²) in [4.78, 5) is 10.8. The standard InChI is InChI=1S/C7H6NO2/c9-7-6-3-1-2-4-8(6)5-10-7/h1-4H,5H2/q+1. The predicted molar refractivity (Wildman–Crippen MR) is 32.1 cm³/mol. The first-order valence-corrected chi connectivity index (χ1v) is 3.03. The van der Waals surface area contributed by atoms with Gasteiger partial charge in [0.15, 0.2) is 6.20 Å². The monoisotopic (exact) mass is 136 g/mol. The van der Waals surface area contributed by atoms with E-state index >= 15 is 0 Å². The van der Waals surface area contributed by atoms with Gasteiger partial charge >= 0.3 is 5.97 Å². The fraction of sp³-hybridized carbons (Fsp3) is 0.143. The molecule has 0 spiro atoms. The summed E-state index contributed by atoms with van der Waals surface area (Å²) in [5.74, 6) is -0.236. The summed E-state index contributed by atoms with van der Waals surface area (Å²) < 4.78 is 6.51. The molecule has 3 heteroatoms. The molecule has 0 fully saturated rings. The Morgan fingerprint density at radius 3 is 3.20 bits per heavy atom. The van der Waals surface area contributed by atoms with Gasteiger partial charge in [-0.1, -0.05) is 0 Å². The van der Waals surface area contributed by atoms with E-state index in [1.807, 2.05) is 18.3 Å². The van der Waals surface area contributed by atoms with Gasteiger partial charge in [-0.15, -0.1) is 0 Å². The van der Waals surface area contributed by atoms with Crippen molar-refractivity contribution in [3.63, 3.8) is 0 Å². The molecule has 0 radical (unpaired) electrons. The summed E-state index contributed by atoms with van der Waals surface area (Å²) in [6, 6.07) is 5.43. The van der Waals surface area contributed by atoms with Crippen LogP contribution in [0.1, 0.15) is 10.5 Å². The first kappa shape index (κ1) is 5.41. The van der Waals surface area contributed by atoms with Crippen molar-refractivity contribution >= 4 is 5.97 Å². The third-order valence-electron chi connectivity index (χ3n) is 1.48. The minimum absolute atomic E-state index is 0.236. The van der Waals surface area contributed by atoms with E-state index in [0.717, 1.165) is 0 Å². The number of cyclic esters (lactones) is 1. The van der Waals surface area contributed by atoms with Crippen LogP contribution in [0.5, 0.6) is 0 Å². The van der Waals surface area contributed by atoms with Gasteiger partial charge in [0.25, 0.3) is 12.4 Å². The average Bonchev–Trinajstić information content (AvgIpc) is 2.34. The third-order valence-corrected chi connectivity index (χ3v) is 1.48. The lowest BCUT2D eigenvalue weighted by atomic mass is 10.3. The Kier molecular flexibility index (Phi) is 0.974. The minimum Gasteiger partial charge on any atom is -0.397 e. The highest BCUT2D eigenvalue weighted by atomic mass is 16.6. The summed E-state index contributed by atoms with van der Waals surface area (Å²) in [6.45, 7) is 0.356. The smallest absolute Gasteiger partial charge is 0.397 e. The van der Waals surface area contributed by atoms with E-state index in [0.29, 0.717) is 12.4 Å². The van der Waals surface area contributed by atoms with Crippen LogP contribution in [0.4, 0.5) is 0 Å². The fourth-order valence-corrected chi connectivity index (χ4v) is 0.976. The second-order valence-electron chi connectivity index (χ2n) is 2.12. The van der Waals surface area contributed by atoms with Gasteiger partial charge < -0.3 is 4.74 Å². The van der Waals surface area contributed by atoms with E-state index in [2.05, 4.69) is 0 Å². The molecule has 0 saturated heterocycles. The van der Waals surface area contributed by atoms with Crippen LogP contribution in [-0.2, 0) is 11.5 Å². The number of esters is 1. The zero-order chi connectivity index (χ0) is 6.97. The van der Waals surface area contributed by atoms with Gasteiger partial charge in [-0.2, -0.15) is 4.57 Å². The van der Waals surface area contributed by atoms with Gasteiger partial charge in [0.1, 0.15) is 0 Å². The zero-order valence-corrected chi connectivity index (χ0v) is 5.28. The molecule has 0 saturated carbocycles. The highest BCUT2D eigenvalue weighted by Gasteiger charge is 2.27. The van der Waals surface area contributed by atoms with E-state index in [1.165, 1.54) is 0 Å². The summed E-state index contributed by atoms with van der Waals surface area (Å²) in [5.41, 5.74) is 0.627. The van der Waals surface area contributed by atoms with Crippen LogP contribution < -0.4 is 4.57 Å². The lowest BCUT2D eigenvalue weighted by molar-refractivity contribution is -0.714. The Hall–Kier alpha value is -1.38. The first-order chi connectivity index (χ1) is 4.88. The number of nitrogens with zero attached hydrogens (tertiary/aromatic N) is 1. The summed E-state index contributed by atoms with van der Waals surface area (Å²) in [5, 5.41) is 0. The maximum Gasteiger partial charge on any atom is 0.408 e. The van der Waals surface area contributed by atoms with Gasteiger partial charge in [0, 0.05) is 12.1 Å². The van der Waals surface area contributed by atoms with Gasteiger partial charge in [0.2, 0.25) is 0 Å². The normalized spacial score (nSPS) is 14.6. The topological polar surface area (TPSA) is 30.2 Å². The van der Waals surface area contributed by atoms with Gasteiger partial charge in [-0.05, 0) is 6.07 Å². The second-order valence-corrected chi connectivity index (χ2v) is 2.12. The van der Waals surface area contributed by atoms with E-state index in [-0.39, 0.29) is 5.97 Å². The van der Waals surface area contributed by atoms with Crippen LogP contribution in [0.25, 0.3) is 0 Å². The van der Waals surface area contributed by atoms with E-state index in [1.54, 1.807) is 10.6 Å². The number of ether oxygens (including phenoxy) is 1. The number of fused-ring (bicyclic) bond motifs is 1. The minimum atomic E-state index is -0.236. The highest BCUT2D eigenvalue weighted by Crippen LogP contribution is 2.00. The number of hydrogen-bond acceptors (Lipinski definition) is 2. The number of hydrogen-bond donors (Lipinski definition) is 0. The Bertz CT molecular complexity index is 283. The van der Waals surface area contributed by atoms with Crippen LogP contribution in [-0.4, -0.2) is 5.97 Å². The molecule has 10 heavy (non-hydrogen) atoms. The van der Waals surface area contributed by atoms with Crippen molar-refractivity contribution in [1.29, 1.82) is 0 Å². The van der Waals surface area contributed by atoms with Crippen LogP contribution in [0.3, 0.4) is 0 Å². The molecule has 0 aromatic carbocycles. The second kappa shape index (κ2) is 1.80. The number of carbonyl (C=O) groups is 1. The molecule has 0 unspecified atom stereocenters. The van der Waals surface area contributed by atoms with Gasteiger partial charge in [-0.3, -0.25) is 0 Å². The van der Waals surface area contributed by atoms with Crippen LogP contribution in [0, 0.1) is 0 Å². The molecule has 0 bridgehead atoms. The molecule has 1 aromatic rings. The maximum absolute atomic E-state index is 10.8. The van der Waals surface area contributed by atoms with Crippen LogP contribution in [0.2, 0.25) is 0 Å². The van der Waals surface area contributed by atoms with E-state index < -0.39 is 0 Å². The van der Waals surface area contributed by atoms with Crippen molar-refractivity contribution in [1.82, 2.24) is 0 Å². The number of aromatic nitrogens is 1. The molecule has 0 amide bonds. The van der Waals surface area contributed by atoms with Crippen molar-refractivity contribution in [3.8, 4) is 0 Å². The first-order valence-electron chi connectivity index (χ1n) is 3.03. The lowest BCUT2D eigenvalue weighted by Crippen LogP contribution is -2.32. The summed E-state index contributed by atoms with van der Waals surface area (Å²) in [7, 11) is 0. The van der Waals surface area contributed by atoms with Crippen molar-refractivity contribution < 1.29 is 14.1 Å². The van der Waals surface area contributed by atoms with Gasteiger partial charge in [-0.25, -0.2) is 4.79 Å². The summed E-state index contributed by atoms with van der Waals surface area (Å²) >= 11 is 0. The maximum atomic E-state index is 10.8. The quantitative estimate of drug-likeness (QED) is 0.374. The molecule has 2 heterocycles. The predicted octanol–water partition coefficient (Wildman–Crippen LogP) is 0.102. The Labute approximate surface area is 57.9 Å². The third kappa shape index (κ3) is 0.603. The molecule has 2 rings (SSSR count). The van der Waals surface area contributed by atoms with Crippen molar-refractivity contribution in [2.24, 2.45) is 0 Å². The molecular weight excluding hydrogens is 130 g/mol. The van der Waals surface area contributed by atoms with Crippen molar-refractivity contribution in [2.45, 2.75) is 6.73 Å². The molecule has 1 aliphatic rings. The molecule has 50 valence electrons. The van der Waals surface area contributed by atoms with E-state index in [4.69, 9.17) is 4.74 Å².